The molecule has 5 rings (SSSR count). The summed E-state index contributed by atoms with van der Waals surface area (Å²) in [6.45, 7) is 0. The van der Waals surface area contributed by atoms with Crippen LogP contribution in [0.2, 0.25) is 0 Å². The first kappa shape index (κ1) is 18.4. The first-order valence-corrected chi connectivity index (χ1v) is 9.39. The molecule has 152 valence electrons. The number of rotatable bonds is 2. The van der Waals surface area contributed by atoms with E-state index in [2.05, 4.69) is 20.6 Å². The van der Waals surface area contributed by atoms with Crippen LogP contribution in [0.3, 0.4) is 0 Å². The third kappa shape index (κ3) is 2.85. The highest BCUT2D eigenvalue weighted by Crippen LogP contribution is 2.30. The molecule has 1 aromatic heterocycles. The van der Waals surface area contributed by atoms with Gasteiger partial charge in [-0.1, -0.05) is 0 Å². The van der Waals surface area contributed by atoms with Crippen LogP contribution < -0.4 is 21.3 Å². The number of carbonyl (C=O) groups is 1. The first-order valence-electron chi connectivity index (χ1n) is 9.39. The van der Waals surface area contributed by atoms with Crippen LogP contribution in [-0.2, 0) is 14.3 Å². The smallest absolute Gasteiger partial charge is 0.224 e. The minimum Gasteiger partial charge on any atom is -0.493 e. The summed E-state index contributed by atoms with van der Waals surface area (Å²) in [6.07, 6.45) is 13.7. The quantitative estimate of drug-likeness (QED) is 0.534. The number of aromatic amines is 1. The van der Waals surface area contributed by atoms with Crippen molar-refractivity contribution in [2.75, 3.05) is 14.2 Å². The average Bonchev–Trinajstić information content (AvgIpc) is 3.47. The van der Waals surface area contributed by atoms with Crippen LogP contribution in [-0.4, -0.2) is 47.3 Å². The summed E-state index contributed by atoms with van der Waals surface area (Å²) >= 11 is 0. The SMILES string of the molecule is COC1=C2C=CC(=N2)C=c2ccc([nH]2)=CC2(OC)NC(=CC2=O)C=C2C=CC1(O)N2. The van der Waals surface area contributed by atoms with E-state index < -0.39 is 11.4 Å². The highest BCUT2D eigenvalue weighted by molar-refractivity contribution is 6.19. The summed E-state index contributed by atoms with van der Waals surface area (Å²) in [7, 11) is 2.96. The van der Waals surface area contributed by atoms with Gasteiger partial charge in [-0.15, -0.1) is 0 Å². The Bertz CT molecular complexity index is 1260. The van der Waals surface area contributed by atoms with E-state index in [0.717, 1.165) is 10.7 Å². The zero-order valence-electron chi connectivity index (χ0n) is 16.4. The second-order valence-corrected chi connectivity index (χ2v) is 7.30. The van der Waals surface area contributed by atoms with Crippen molar-refractivity contribution in [1.29, 1.82) is 0 Å². The van der Waals surface area contributed by atoms with Crippen molar-refractivity contribution in [2.45, 2.75) is 11.4 Å². The van der Waals surface area contributed by atoms with Crippen molar-refractivity contribution >= 4 is 23.6 Å². The standard InChI is InChI=1S/C22H20N4O4/c1-29-20-18-6-5-14(24-18)9-13-3-4-16(23-13)12-22(30-2)19(27)11-17(26-22)10-15-7-8-21(20,28)25-15/h3-12,23,25-26,28H,1-2H3. The van der Waals surface area contributed by atoms with E-state index in [-0.39, 0.29) is 11.5 Å². The molecule has 4 N–H and O–H groups in total. The lowest BCUT2D eigenvalue weighted by Crippen LogP contribution is -2.47. The molecule has 0 amide bonds. The Balaban J connectivity index is 1.72. The third-order valence-corrected chi connectivity index (χ3v) is 5.29. The predicted octanol–water partition coefficient (Wildman–Crippen LogP) is -0.411. The summed E-state index contributed by atoms with van der Waals surface area (Å²) in [4.78, 5) is 20.6. The van der Waals surface area contributed by atoms with Crippen LogP contribution in [0.15, 0.2) is 76.4 Å². The second kappa shape index (κ2) is 6.45. The zero-order chi connectivity index (χ0) is 20.9. The van der Waals surface area contributed by atoms with Gasteiger partial charge in [0, 0.05) is 35.3 Å². The number of carbonyl (C=O) groups excluding carboxylic acids is 1. The molecule has 4 aliphatic heterocycles. The minimum absolute atomic E-state index is 0.232. The van der Waals surface area contributed by atoms with Crippen molar-refractivity contribution in [3.05, 3.63) is 82.1 Å². The molecule has 1 aromatic rings. The molecule has 0 spiro atoms. The molecular formula is C22H20N4O4. The van der Waals surface area contributed by atoms with E-state index in [4.69, 9.17) is 9.47 Å². The lowest BCUT2D eigenvalue weighted by atomic mass is 10.1. The molecule has 8 heteroatoms. The molecule has 0 saturated carbocycles. The van der Waals surface area contributed by atoms with Crippen molar-refractivity contribution in [1.82, 2.24) is 15.6 Å². The number of methoxy groups -OCH3 is 2. The maximum absolute atomic E-state index is 12.8. The number of hydrogen-bond acceptors (Lipinski definition) is 7. The van der Waals surface area contributed by atoms with E-state index in [0.29, 0.717) is 22.8 Å². The Morgan fingerprint density at radius 2 is 1.83 bits per heavy atom. The van der Waals surface area contributed by atoms with Gasteiger partial charge in [-0.2, -0.15) is 0 Å². The summed E-state index contributed by atoms with van der Waals surface area (Å²) in [5.41, 5.74) is -0.530. The summed E-state index contributed by atoms with van der Waals surface area (Å²) in [6, 6.07) is 3.75. The van der Waals surface area contributed by atoms with Crippen molar-refractivity contribution < 1.29 is 19.4 Å². The molecule has 0 aromatic carbocycles. The lowest BCUT2D eigenvalue weighted by Gasteiger charge is -2.26. The van der Waals surface area contributed by atoms with Crippen molar-refractivity contribution in [3.8, 4) is 0 Å². The van der Waals surface area contributed by atoms with E-state index >= 15 is 0 Å². The number of nitrogens with one attached hydrogen (secondary N) is 3. The molecule has 5 heterocycles. The van der Waals surface area contributed by atoms with Gasteiger partial charge in [-0.25, -0.2) is 4.99 Å². The molecule has 8 nitrogen and oxygen atoms in total. The second-order valence-electron chi connectivity index (χ2n) is 7.30. The Morgan fingerprint density at radius 1 is 1.00 bits per heavy atom. The normalized spacial score (nSPS) is 28.9. The number of aliphatic imine (C=N–C) groups is 1. The van der Waals surface area contributed by atoms with Crippen LogP contribution >= 0.6 is 0 Å². The largest absolute Gasteiger partial charge is 0.493 e. The van der Waals surface area contributed by atoms with Gasteiger partial charge in [-0.3, -0.25) is 4.79 Å². The molecule has 8 bridgehead atoms. The van der Waals surface area contributed by atoms with E-state index in [1.54, 1.807) is 30.4 Å². The van der Waals surface area contributed by atoms with Gasteiger partial charge < -0.3 is 30.2 Å². The minimum atomic E-state index is -1.57. The Hall–Kier alpha value is -3.62. The number of allylic oxidation sites excluding steroid dienone is 4. The van der Waals surface area contributed by atoms with Crippen molar-refractivity contribution in [3.63, 3.8) is 0 Å². The number of aliphatic hydroxyl groups is 1. The summed E-state index contributed by atoms with van der Waals surface area (Å²) < 4.78 is 11.1. The summed E-state index contributed by atoms with van der Waals surface area (Å²) in [5, 5.41) is 18.8. The van der Waals surface area contributed by atoms with Gasteiger partial charge in [0.05, 0.1) is 12.8 Å². The van der Waals surface area contributed by atoms with Gasteiger partial charge in [0.1, 0.15) is 5.70 Å². The van der Waals surface area contributed by atoms with E-state index in [1.807, 2.05) is 24.3 Å². The number of ether oxygens (including phenoxy) is 2. The number of ketones is 1. The fraction of sp³-hybridized carbons (Fsp3) is 0.182. The fourth-order valence-electron chi connectivity index (χ4n) is 3.87. The molecule has 4 aliphatic rings. The molecule has 2 atom stereocenters. The first-order chi connectivity index (χ1) is 14.4. The number of nitrogens with zero attached hydrogens (tertiary/aromatic N) is 1. The van der Waals surface area contributed by atoms with Crippen LogP contribution in [0.1, 0.15) is 0 Å². The van der Waals surface area contributed by atoms with Gasteiger partial charge in [0.25, 0.3) is 0 Å². The third-order valence-electron chi connectivity index (χ3n) is 5.29. The van der Waals surface area contributed by atoms with Crippen LogP contribution in [0.5, 0.6) is 0 Å². The Morgan fingerprint density at radius 3 is 2.63 bits per heavy atom. The Labute approximate surface area is 172 Å². The summed E-state index contributed by atoms with van der Waals surface area (Å²) in [5.74, 6) is 0.0367. The van der Waals surface area contributed by atoms with Crippen molar-refractivity contribution in [2.24, 2.45) is 4.99 Å². The zero-order valence-corrected chi connectivity index (χ0v) is 16.4. The molecule has 0 fully saturated rings. The molecule has 0 radical (unpaired) electrons. The lowest BCUT2D eigenvalue weighted by molar-refractivity contribution is -0.129. The van der Waals surface area contributed by atoms with Crippen LogP contribution in [0.25, 0.3) is 12.2 Å². The number of H-pyrrole nitrogens is 1. The Kier molecular flexibility index (Phi) is 3.96. The number of fused-ring (bicyclic) bond motifs is 7. The maximum Gasteiger partial charge on any atom is 0.224 e. The van der Waals surface area contributed by atoms with Gasteiger partial charge in [0.2, 0.25) is 17.2 Å². The van der Waals surface area contributed by atoms with Crippen LogP contribution in [0.4, 0.5) is 0 Å². The number of hydrogen-bond donors (Lipinski definition) is 4. The average molecular weight is 404 g/mol. The topological polar surface area (TPSA) is 108 Å². The molecule has 0 saturated heterocycles. The molecule has 2 unspecified atom stereocenters. The predicted molar refractivity (Wildman–Crippen MR) is 111 cm³/mol. The number of aromatic nitrogens is 1. The highest BCUT2D eigenvalue weighted by Gasteiger charge is 2.41. The molecule has 30 heavy (non-hydrogen) atoms. The highest BCUT2D eigenvalue weighted by atomic mass is 16.5. The van der Waals surface area contributed by atoms with Crippen LogP contribution in [0, 0.1) is 0 Å². The maximum atomic E-state index is 12.8. The fourth-order valence-corrected chi connectivity index (χ4v) is 3.87. The molecular weight excluding hydrogens is 384 g/mol. The molecule has 0 aliphatic carbocycles. The van der Waals surface area contributed by atoms with Gasteiger partial charge in [-0.05, 0) is 54.7 Å². The van der Waals surface area contributed by atoms with Gasteiger partial charge in [0.15, 0.2) is 5.76 Å². The van der Waals surface area contributed by atoms with E-state index in [9.17, 15) is 9.90 Å². The van der Waals surface area contributed by atoms with Gasteiger partial charge >= 0.3 is 0 Å². The van der Waals surface area contributed by atoms with E-state index in [1.165, 1.54) is 20.3 Å². The monoisotopic (exact) mass is 404 g/mol.